The van der Waals surface area contributed by atoms with Crippen LogP contribution in [0.25, 0.3) is 0 Å². The second-order valence-corrected chi connectivity index (χ2v) is 13.9. The number of rotatable bonds is 8. The van der Waals surface area contributed by atoms with Crippen LogP contribution in [0.2, 0.25) is 0 Å². The van der Waals surface area contributed by atoms with E-state index in [1.54, 1.807) is 12.1 Å². The van der Waals surface area contributed by atoms with Crippen LogP contribution in [-0.2, 0) is 16.1 Å². The molecule has 4 rings (SSSR count). The van der Waals surface area contributed by atoms with Gasteiger partial charge in [-0.2, -0.15) is 22.0 Å². The van der Waals surface area contributed by atoms with Crippen molar-refractivity contribution >= 4 is 9.73 Å². The van der Waals surface area contributed by atoms with Gasteiger partial charge in [0, 0.05) is 27.7 Å². The summed E-state index contributed by atoms with van der Waals surface area (Å²) in [5, 5.41) is 20.8. The maximum atomic E-state index is 13.2. The smallest absolute Gasteiger partial charge is 0.453 e. The first-order valence-electron chi connectivity index (χ1n) is 12.8. The number of phenolic OH excluding ortho intramolecular Hbond substituents is 1. The third-order valence-electron chi connectivity index (χ3n) is 9.26. The molecule has 0 unspecified atom stereocenters. The highest BCUT2D eigenvalue weighted by Gasteiger charge is 2.57. The van der Waals surface area contributed by atoms with Crippen LogP contribution in [0.5, 0.6) is 5.75 Å². The van der Waals surface area contributed by atoms with Crippen LogP contribution in [0, 0.1) is 27.9 Å². The summed E-state index contributed by atoms with van der Waals surface area (Å²) in [5.41, 5.74) is 2.18. The minimum absolute atomic E-state index is 0.0318. The SMILES string of the molecule is C[C@]12CC[C@@H]3c4ccc(O)cc4C[C@@H](CCC[S@](=N)(=O)CCCC(F)(F)C(F)(F)F)[C@H]3[C@@H]1CC[C@@H]2O. The minimum Gasteiger partial charge on any atom is -0.508 e. The predicted molar refractivity (Wildman–Crippen MR) is 128 cm³/mol. The molecular weight excluding hydrogens is 501 g/mol. The third-order valence-corrected chi connectivity index (χ3v) is 11.2. The number of halogens is 5. The van der Waals surface area contributed by atoms with E-state index in [4.69, 9.17) is 4.78 Å². The Hall–Kier alpha value is -1.42. The molecule has 0 radical (unpaired) electrons. The van der Waals surface area contributed by atoms with Crippen LogP contribution >= 0.6 is 0 Å². The zero-order valence-electron chi connectivity index (χ0n) is 20.5. The Kier molecular flexibility index (Phi) is 7.45. The quantitative estimate of drug-likeness (QED) is 0.325. The van der Waals surface area contributed by atoms with E-state index in [2.05, 4.69) is 6.92 Å². The monoisotopic (exact) mass is 537 g/mol. The molecule has 36 heavy (non-hydrogen) atoms. The van der Waals surface area contributed by atoms with Crippen LogP contribution in [0.15, 0.2) is 18.2 Å². The van der Waals surface area contributed by atoms with Crippen molar-refractivity contribution in [3.8, 4) is 5.75 Å². The lowest BCUT2D eigenvalue weighted by atomic mass is 9.52. The molecule has 3 aliphatic carbocycles. The summed E-state index contributed by atoms with van der Waals surface area (Å²) in [4.78, 5) is 0. The van der Waals surface area contributed by atoms with Crippen molar-refractivity contribution < 1.29 is 36.4 Å². The summed E-state index contributed by atoms with van der Waals surface area (Å²) >= 11 is 0. The first-order chi connectivity index (χ1) is 16.6. The summed E-state index contributed by atoms with van der Waals surface area (Å²) in [6.45, 7) is 2.17. The molecule has 1 aromatic carbocycles. The number of aliphatic hydroxyl groups excluding tert-OH is 1. The average Bonchev–Trinajstić information content (AvgIpc) is 3.06. The second-order valence-electron chi connectivity index (χ2n) is 11.4. The van der Waals surface area contributed by atoms with Gasteiger partial charge in [-0.25, -0.2) is 4.21 Å². The molecule has 7 atom stereocenters. The Balaban J connectivity index is 1.43. The van der Waals surface area contributed by atoms with E-state index < -0.39 is 40.4 Å². The van der Waals surface area contributed by atoms with E-state index in [1.807, 2.05) is 6.07 Å². The van der Waals surface area contributed by atoms with Crippen molar-refractivity contribution in [3.63, 3.8) is 0 Å². The van der Waals surface area contributed by atoms with Crippen molar-refractivity contribution in [2.75, 3.05) is 11.5 Å². The average molecular weight is 538 g/mol. The number of fused-ring (bicyclic) bond motifs is 5. The zero-order valence-corrected chi connectivity index (χ0v) is 21.3. The van der Waals surface area contributed by atoms with Crippen molar-refractivity contribution in [1.29, 1.82) is 4.78 Å². The number of benzene rings is 1. The number of hydrogen-bond acceptors (Lipinski definition) is 4. The maximum absolute atomic E-state index is 13.2. The largest absolute Gasteiger partial charge is 0.508 e. The lowest BCUT2D eigenvalue weighted by Gasteiger charge is -2.53. The van der Waals surface area contributed by atoms with Gasteiger partial charge in [-0.3, -0.25) is 4.78 Å². The number of nitrogens with one attached hydrogen (secondary N) is 1. The van der Waals surface area contributed by atoms with Gasteiger partial charge in [0.25, 0.3) is 0 Å². The van der Waals surface area contributed by atoms with Crippen molar-refractivity contribution in [3.05, 3.63) is 29.3 Å². The highest BCUT2D eigenvalue weighted by molar-refractivity contribution is 7.92. The molecule has 0 aromatic heterocycles. The van der Waals surface area contributed by atoms with Crippen LogP contribution in [0.1, 0.15) is 75.3 Å². The molecule has 0 amide bonds. The topological polar surface area (TPSA) is 81.4 Å². The fourth-order valence-electron chi connectivity index (χ4n) is 7.38. The van der Waals surface area contributed by atoms with E-state index in [0.29, 0.717) is 30.6 Å². The fourth-order valence-corrected chi connectivity index (χ4v) is 8.83. The summed E-state index contributed by atoms with van der Waals surface area (Å²) in [6.07, 6.45) is -2.68. The van der Waals surface area contributed by atoms with Gasteiger partial charge >= 0.3 is 12.1 Å². The van der Waals surface area contributed by atoms with Gasteiger partial charge in [-0.15, -0.1) is 0 Å². The fraction of sp³-hybridized carbons (Fsp3) is 0.769. The molecule has 2 fully saturated rings. The van der Waals surface area contributed by atoms with Crippen LogP contribution in [-0.4, -0.2) is 44.1 Å². The molecule has 0 saturated heterocycles. The standard InChI is InChI=1S/C26H36F5NO3S/c1-24-11-9-20-19-6-5-18(33)15-17(19)14-16(23(20)21(24)7-8-22(24)34)4-2-12-36(32,35)13-3-10-25(27,28)26(29,30)31/h5-6,15-16,20-23,32-34H,2-4,7-14H2,1H3/t16-,20-,21+,22+,23-,24+,36+/m1/s1. The van der Waals surface area contributed by atoms with Crippen molar-refractivity contribution in [1.82, 2.24) is 0 Å². The third kappa shape index (κ3) is 5.26. The lowest BCUT2D eigenvalue weighted by Crippen LogP contribution is -2.47. The van der Waals surface area contributed by atoms with E-state index in [0.717, 1.165) is 37.7 Å². The second kappa shape index (κ2) is 9.71. The molecule has 1 aromatic rings. The molecular formula is C26H36F5NO3S. The Labute approximate surface area is 209 Å². The van der Waals surface area contributed by atoms with E-state index in [1.165, 1.54) is 5.56 Å². The van der Waals surface area contributed by atoms with Gasteiger partial charge in [-0.05, 0) is 104 Å². The lowest BCUT2D eigenvalue weighted by molar-refractivity contribution is -0.284. The molecule has 4 nitrogen and oxygen atoms in total. The number of alkyl halides is 5. The highest BCUT2D eigenvalue weighted by Crippen LogP contribution is 2.62. The summed E-state index contributed by atoms with van der Waals surface area (Å²) in [7, 11) is -3.27. The summed E-state index contributed by atoms with van der Waals surface area (Å²) in [6, 6.07) is 5.51. The van der Waals surface area contributed by atoms with Crippen molar-refractivity contribution in [2.45, 2.75) is 88.8 Å². The Bertz CT molecular complexity index is 1060. The van der Waals surface area contributed by atoms with E-state index in [9.17, 15) is 36.4 Å². The van der Waals surface area contributed by atoms with Crippen LogP contribution in [0.3, 0.4) is 0 Å². The first kappa shape index (κ1) is 27.6. The molecule has 2 saturated carbocycles. The normalized spacial score (nSPS) is 33.9. The van der Waals surface area contributed by atoms with Crippen LogP contribution in [0.4, 0.5) is 22.0 Å². The molecule has 0 heterocycles. The molecule has 0 aliphatic heterocycles. The first-order valence-corrected chi connectivity index (χ1v) is 14.7. The van der Waals surface area contributed by atoms with Crippen molar-refractivity contribution in [2.24, 2.45) is 23.2 Å². The highest BCUT2D eigenvalue weighted by atomic mass is 32.2. The van der Waals surface area contributed by atoms with Gasteiger partial charge < -0.3 is 10.2 Å². The Morgan fingerprint density at radius 2 is 1.81 bits per heavy atom. The Morgan fingerprint density at radius 1 is 1.11 bits per heavy atom. The number of hydrogen-bond donors (Lipinski definition) is 3. The molecule has 10 heteroatoms. The number of aliphatic hydroxyl groups is 1. The Morgan fingerprint density at radius 3 is 2.50 bits per heavy atom. The van der Waals surface area contributed by atoms with Gasteiger partial charge in [0.15, 0.2) is 0 Å². The van der Waals surface area contributed by atoms with Gasteiger partial charge in [0.2, 0.25) is 0 Å². The molecule has 204 valence electrons. The van der Waals surface area contributed by atoms with Gasteiger partial charge in [-0.1, -0.05) is 13.0 Å². The molecule has 3 aliphatic rings. The molecule has 0 spiro atoms. The minimum atomic E-state index is -5.64. The number of phenols is 1. The van der Waals surface area contributed by atoms with Crippen LogP contribution < -0.4 is 0 Å². The molecule has 0 bridgehead atoms. The summed E-state index contributed by atoms with van der Waals surface area (Å²) < 4.78 is 84.1. The predicted octanol–water partition coefficient (Wildman–Crippen LogP) is 6.64. The molecule has 3 N–H and O–H groups in total. The van der Waals surface area contributed by atoms with E-state index >= 15 is 0 Å². The van der Waals surface area contributed by atoms with Gasteiger partial charge in [0.05, 0.1) is 6.10 Å². The summed E-state index contributed by atoms with van der Waals surface area (Å²) in [5.74, 6) is -4.00. The van der Waals surface area contributed by atoms with E-state index in [-0.39, 0.29) is 28.9 Å². The maximum Gasteiger partial charge on any atom is 0.453 e. The number of aromatic hydroxyl groups is 1. The van der Waals surface area contributed by atoms with Gasteiger partial charge in [0.1, 0.15) is 5.75 Å². The zero-order chi connectivity index (χ0) is 26.5.